The van der Waals surface area contributed by atoms with Crippen molar-refractivity contribution in [3.8, 4) is 5.75 Å². The normalized spacial score (nSPS) is 16.3. The fourth-order valence-electron chi connectivity index (χ4n) is 1.37. The zero-order chi connectivity index (χ0) is 11.4. The first-order valence-electron chi connectivity index (χ1n) is 4.90. The van der Waals surface area contributed by atoms with Crippen molar-refractivity contribution in [3.05, 3.63) is 27.3 Å². The van der Waals surface area contributed by atoms with Crippen LogP contribution in [0.2, 0.25) is 0 Å². The number of carbonyl (C=O) groups is 1. The Kier molecular flexibility index (Phi) is 4.14. The quantitative estimate of drug-likeness (QED) is 0.623. The molecule has 1 aromatic rings. The Hall–Kier alpha value is -0.660. The van der Waals surface area contributed by atoms with Gasteiger partial charge in [0.15, 0.2) is 12.6 Å². The van der Waals surface area contributed by atoms with Crippen LogP contribution in [0.25, 0.3) is 0 Å². The minimum atomic E-state index is -0.293. The first-order chi connectivity index (χ1) is 7.79. The molecule has 0 aliphatic carbocycles. The maximum absolute atomic E-state index is 10.7. The Morgan fingerprint density at radius 2 is 2.19 bits per heavy atom. The van der Waals surface area contributed by atoms with E-state index in [0.717, 1.165) is 9.86 Å². The summed E-state index contributed by atoms with van der Waals surface area (Å²) in [5.41, 5.74) is 0.631. The topological polar surface area (TPSA) is 44.8 Å². The summed E-state index contributed by atoms with van der Waals surface area (Å²) in [5, 5.41) is 0. The molecule has 5 heteroatoms. The van der Waals surface area contributed by atoms with Crippen LogP contribution in [0.3, 0.4) is 0 Å². The molecule has 1 saturated heterocycles. The Morgan fingerprint density at radius 3 is 2.88 bits per heavy atom. The average Bonchev–Trinajstić information content (AvgIpc) is 2.81. The third kappa shape index (κ3) is 2.93. The molecule has 0 bridgehead atoms. The van der Waals surface area contributed by atoms with Gasteiger partial charge in [-0.1, -0.05) is 0 Å². The van der Waals surface area contributed by atoms with Crippen LogP contribution in [-0.2, 0) is 9.47 Å². The second kappa shape index (κ2) is 5.60. The van der Waals surface area contributed by atoms with Gasteiger partial charge >= 0.3 is 0 Å². The van der Waals surface area contributed by atoms with Crippen molar-refractivity contribution in [3.63, 3.8) is 0 Å². The maximum Gasteiger partial charge on any atom is 0.191 e. The molecule has 0 unspecified atom stereocenters. The first kappa shape index (κ1) is 11.8. The molecule has 1 aromatic carbocycles. The summed E-state index contributed by atoms with van der Waals surface area (Å²) in [4.78, 5) is 10.7. The fraction of sp³-hybridized carbons (Fsp3) is 0.364. The standard InChI is InChI=1S/C11H11IO4/c12-10-2-1-9(5-8(10)6-13)16-7-11-14-3-4-15-11/h1-2,5-6,11H,3-4,7H2. The average molecular weight is 334 g/mol. The lowest BCUT2D eigenvalue weighted by Gasteiger charge is -2.11. The van der Waals surface area contributed by atoms with Gasteiger partial charge in [-0.25, -0.2) is 0 Å². The third-order valence-electron chi connectivity index (χ3n) is 2.17. The highest BCUT2D eigenvalue weighted by Gasteiger charge is 2.16. The van der Waals surface area contributed by atoms with Crippen LogP contribution in [0.5, 0.6) is 5.75 Å². The van der Waals surface area contributed by atoms with Gasteiger partial charge < -0.3 is 14.2 Å². The highest BCUT2D eigenvalue weighted by Crippen LogP contribution is 2.19. The Morgan fingerprint density at radius 1 is 1.44 bits per heavy atom. The summed E-state index contributed by atoms with van der Waals surface area (Å²) in [6, 6.07) is 5.38. The molecule has 4 nitrogen and oxygen atoms in total. The van der Waals surface area contributed by atoms with E-state index in [1.165, 1.54) is 0 Å². The van der Waals surface area contributed by atoms with Crippen LogP contribution in [-0.4, -0.2) is 32.4 Å². The summed E-state index contributed by atoms with van der Waals surface area (Å²) >= 11 is 2.11. The summed E-state index contributed by atoms with van der Waals surface area (Å²) in [6.45, 7) is 1.57. The van der Waals surface area contributed by atoms with Crippen molar-refractivity contribution in [1.82, 2.24) is 0 Å². The predicted octanol–water partition coefficient (Wildman–Crippen LogP) is 1.86. The van der Waals surface area contributed by atoms with Gasteiger partial charge in [0.25, 0.3) is 0 Å². The van der Waals surface area contributed by atoms with Crippen molar-refractivity contribution in [2.45, 2.75) is 6.29 Å². The molecule has 1 aliphatic heterocycles. The number of ether oxygens (including phenoxy) is 3. The fourth-order valence-corrected chi connectivity index (χ4v) is 1.83. The molecule has 0 saturated carbocycles. The van der Waals surface area contributed by atoms with Gasteiger partial charge in [-0.3, -0.25) is 4.79 Å². The second-order valence-electron chi connectivity index (χ2n) is 3.28. The number of rotatable bonds is 4. The Bertz CT molecular complexity index is 374. The molecule has 0 N–H and O–H groups in total. The van der Waals surface area contributed by atoms with Crippen LogP contribution in [0.1, 0.15) is 10.4 Å². The lowest BCUT2D eigenvalue weighted by atomic mass is 10.2. The van der Waals surface area contributed by atoms with Crippen molar-refractivity contribution in [2.75, 3.05) is 19.8 Å². The van der Waals surface area contributed by atoms with Crippen LogP contribution >= 0.6 is 22.6 Å². The van der Waals surface area contributed by atoms with E-state index >= 15 is 0 Å². The van der Waals surface area contributed by atoms with Gasteiger partial charge in [0.05, 0.1) is 13.2 Å². The third-order valence-corrected chi connectivity index (χ3v) is 3.15. The van der Waals surface area contributed by atoms with Gasteiger partial charge in [-0.15, -0.1) is 0 Å². The number of aldehydes is 1. The number of halogens is 1. The number of carbonyl (C=O) groups excluding carboxylic acids is 1. The monoisotopic (exact) mass is 334 g/mol. The summed E-state index contributed by atoms with van der Waals surface area (Å²) in [5.74, 6) is 0.654. The van der Waals surface area contributed by atoms with Gasteiger partial charge in [0, 0.05) is 9.13 Å². The van der Waals surface area contributed by atoms with E-state index in [2.05, 4.69) is 22.6 Å². The number of hydrogen-bond donors (Lipinski definition) is 0. The van der Waals surface area contributed by atoms with Crippen molar-refractivity contribution in [2.24, 2.45) is 0 Å². The molecule has 2 rings (SSSR count). The highest BCUT2D eigenvalue weighted by atomic mass is 127. The van der Waals surface area contributed by atoms with E-state index in [0.29, 0.717) is 31.1 Å². The highest BCUT2D eigenvalue weighted by molar-refractivity contribution is 14.1. The van der Waals surface area contributed by atoms with Gasteiger partial charge in [0.2, 0.25) is 0 Å². The molecule has 16 heavy (non-hydrogen) atoms. The number of hydrogen-bond acceptors (Lipinski definition) is 4. The van der Waals surface area contributed by atoms with E-state index in [1.807, 2.05) is 12.1 Å². The van der Waals surface area contributed by atoms with Gasteiger partial charge in [-0.2, -0.15) is 0 Å². The predicted molar refractivity (Wildman–Crippen MR) is 65.7 cm³/mol. The van der Waals surface area contributed by atoms with Gasteiger partial charge in [-0.05, 0) is 40.8 Å². The maximum atomic E-state index is 10.7. The lowest BCUT2D eigenvalue weighted by molar-refractivity contribution is -0.0684. The van der Waals surface area contributed by atoms with Crippen LogP contribution in [0.4, 0.5) is 0 Å². The number of benzene rings is 1. The zero-order valence-corrected chi connectivity index (χ0v) is 10.7. The zero-order valence-electron chi connectivity index (χ0n) is 8.52. The van der Waals surface area contributed by atoms with E-state index in [-0.39, 0.29) is 6.29 Å². The molecular weight excluding hydrogens is 323 g/mol. The lowest BCUT2D eigenvalue weighted by Crippen LogP contribution is -2.18. The molecule has 0 aromatic heterocycles. The van der Waals surface area contributed by atoms with Crippen LogP contribution in [0, 0.1) is 3.57 Å². The largest absolute Gasteiger partial charge is 0.488 e. The Balaban J connectivity index is 1.95. The van der Waals surface area contributed by atoms with Crippen molar-refractivity contribution >= 4 is 28.9 Å². The minimum absolute atomic E-state index is 0.293. The minimum Gasteiger partial charge on any atom is -0.488 e. The summed E-state index contributed by atoms with van der Waals surface area (Å²) in [6.07, 6.45) is 0.524. The molecule has 86 valence electrons. The molecule has 0 spiro atoms. The van der Waals surface area contributed by atoms with E-state index < -0.39 is 0 Å². The second-order valence-corrected chi connectivity index (χ2v) is 4.45. The molecule has 0 amide bonds. The summed E-state index contributed by atoms with van der Waals surface area (Å²) < 4.78 is 16.9. The van der Waals surface area contributed by atoms with E-state index in [4.69, 9.17) is 14.2 Å². The summed E-state index contributed by atoms with van der Waals surface area (Å²) in [7, 11) is 0. The van der Waals surface area contributed by atoms with E-state index in [1.54, 1.807) is 6.07 Å². The molecule has 1 aliphatic rings. The molecule has 0 radical (unpaired) electrons. The molecule has 1 heterocycles. The van der Waals surface area contributed by atoms with Crippen LogP contribution < -0.4 is 4.74 Å². The van der Waals surface area contributed by atoms with Crippen molar-refractivity contribution < 1.29 is 19.0 Å². The van der Waals surface area contributed by atoms with Crippen LogP contribution in [0.15, 0.2) is 18.2 Å². The molecule has 1 fully saturated rings. The van der Waals surface area contributed by atoms with Crippen molar-refractivity contribution in [1.29, 1.82) is 0 Å². The molecule has 0 atom stereocenters. The smallest absolute Gasteiger partial charge is 0.191 e. The first-order valence-corrected chi connectivity index (χ1v) is 5.98. The van der Waals surface area contributed by atoms with Gasteiger partial charge in [0.1, 0.15) is 12.4 Å². The Labute approximate surface area is 107 Å². The van der Waals surface area contributed by atoms with E-state index in [9.17, 15) is 4.79 Å². The SMILES string of the molecule is O=Cc1cc(OCC2OCCO2)ccc1I. The molecular formula is C11H11IO4.